The summed E-state index contributed by atoms with van der Waals surface area (Å²) in [5.41, 5.74) is 7.22. The van der Waals surface area contributed by atoms with E-state index >= 15 is 0 Å². The van der Waals surface area contributed by atoms with Crippen molar-refractivity contribution in [1.29, 1.82) is 0 Å². The van der Waals surface area contributed by atoms with Gasteiger partial charge in [-0.3, -0.25) is 0 Å². The molecule has 0 aliphatic rings. The summed E-state index contributed by atoms with van der Waals surface area (Å²) < 4.78 is 6.03. The van der Waals surface area contributed by atoms with Gasteiger partial charge in [0.2, 0.25) is 0 Å². The van der Waals surface area contributed by atoms with Crippen molar-refractivity contribution < 1.29 is 4.52 Å². The monoisotopic (exact) mass is 252 g/mol. The van der Waals surface area contributed by atoms with Gasteiger partial charge in [0.15, 0.2) is 5.76 Å². The van der Waals surface area contributed by atoms with Gasteiger partial charge in [-0.05, 0) is 15.9 Å². The molecule has 1 aromatic heterocycles. The smallest absolute Gasteiger partial charge is 0.181 e. The second-order valence-corrected chi connectivity index (χ2v) is 3.64. The van der Waals surface area contributed by atoms with Crippen LogP contribution in [0.15, 0.2) is 39.3 Å². The third kappa shape index (κ3) is 1.58. The van der Waals surface area contributed by atoms with Crippen molar-refractivity contribution in [3.05, 3.63) is 40.5 Å². The normalized spacial score (nSPS) is 10.4. The van der Waals surface area contributed by atoms with Gasteiger partial charge < -0.3 is 10.3 Å². The molecule has 1 aromatic carbocycles. The van der Waals surface area contributed by atoms with Gasteiger partial charge in [-0.2, -0.15) is 0 Å². The van der Waals surface area contributed by atoms with Crippen molar-refractivity contribution in [1.82, 2.24) is 5.16 Å². The molecule has 0 aliphatic heterocycles. The molecule has 0 radical (unpaired) electrons. The highest BCUT2D eigenvalue weighted by molar-refractivity contribution is 9.10. The first kappa shape index (κ1) is 9.43. The zero-order valence-corrected chi connectivity index (χ0v) is 8.99. The number of benzene rings is 1. The van der Waals surface area contributed by atoms with Gasteiger partial charge in [0.1, 0.15) is 5.69 Å². The Hall–Kier alpha value is -1.13. The van der Waals surface area contributed by atoms with Crippen LogP contribution < -0.4 is 5.73 Å². The van der Waals surface area contributed by atoms with Gasteiger partial charge in [-0.25, -0.2) is 0 Å². The second-order valence-electron chi connectivity index (χ2n) is 2.84. The Morgan fingerprint density at radius 1 is 1.29 bits per heavy atom. The van der Waals surface area contributed by atoms with E-state index in [1.54, 1.807) is 0 Å². The molecule has 2 rings (SSSR count). The van der Waals surface area contributed by atoms with Gasteiger partial charge in [-0.15, -0.1) is 0 Å². The molecule has 0 atom stereocenters. The largest absolute Gasteiger partial charge is 0.355 e. The van der Waals surface area contributed by atoms with Gasteiger partial charge in [0.05, 0.1) is 4.47 Å². The summed E-state index contributed by atoms with van der Waals surface area (Å²) >= 11 is 3.41. The molecule has 0 bridgehead atoms. The zero-order chi connectivity index (χ0) is 9.97. The molecule has 0 saturated carbocycles. The molecule has 0 fully saturated rings. The predicted molar refractivity (Wildman–Crippen MR) is 57.5 cm³/mol. The van der Waals surface area contributed by atoms with Crippen LogP contribution in [0.25, 0.3) is 11.3 Å². The van der Waals surface area contributed by atoms with Crippen LogP contribution in [0.1, 0.15) is 5.69 Å². The lowest BCUT2D eigenvalue weighted by Crippen LogP contribution is -1.96. The first-order valence-corrected chi connectivity index (χ1v) is 5.01. The molecular formula is C10H9BrN2O. The molecule has 0 aliphatic carbocycles. The van der Waals surface area contributed by atoms with Crippen molar-refractivity contribution in [3.63, 3.8) is 0 Å². The van der Waals surface area contributed by atoms with Crippen LogP contribution in [-0.4, -0.2) is 5.16 Å². The third-order valence-corrected chi connectivity index (χ3v) is 2.75. The van der Waals surface area contributed by atoms with Crippen molar-refractivity contribution >= 4 is 15.9 Å². The Balaban J connectivity index is 2.48. The third-order valence-electron chi connectivity index (χ3n) is 1.93. The lowest BCUT2D eigenvalue weighted by Gasteiger charge is -1.94. The van der Waals surface area contributed by atoms with Crippen LogP contribution in [0.2, 0.25) is 0 Å². The lowest BCUT2D eigenvalue weighted by molar-refractivity contribution is 0.423. The molecule has 0 amide bonds. The number of halogens is 1. The quantitative estimate of drug-likeness (QED) is 0.894. The molecule has 4 heteroatoms. The molecule has 0 saturated heterocycles. The summed E-state index contributed by atoms with van der Waals surface area (Å²) in [6.07, 6.45) is 0. The molecule has 3 nitrogen and oxygen atoms in total. The van der Waals surface area contributed by atoms with E-state index in [1.807, 2.05) is 30.3 Å². The fraction of sp³-hybridized carbons (Fsp3) is 0.100. The number of hydrogen-bond acceptors (Lipinski definition) is 3. The van der Waals surface area contributed by atoms with Crippen LogP contribution in [0.3, 0.4) is 0 Å². The van der Waals surface area contributed by atoms with E-state index in [4.69, 9.17) is 10.3 Å². The van der Waals surface area contributed by atoms with Crippen molar-refractivity contribution in [2.75, 3.05) is 0 Å². The summed E-state index contributed by atoms with van der Waals surface area (Å²) in [4.78, 5) is 0. The number of hydrogen-bond donors (Lipinski definition) is 1. The lowest BCUT2D eigenvalue weighted by atomic mass is 10.2. The van der Waals surface area contributed by atoms with E-state index in [-0.39, 0.29) is 0 Å². The molecule has 72 valence electrons. The average Bonchev–Trinajstić information content (AvgIpc) is 2.61. The maximum absolute atomic E-state index is 5.49. The van der Waals surface area contributed by atoms with E-state index in [0.29, 0.717) is 6.54 Å². The minimum atomic E-state index is 0.372. The van der Waals surface area contributed by atoms with E-state index in [1.165, 1.54) is 0 Å². The fourth-order valence-corrected chi connectivity index (χ4v) is 1.74. The highest BCUT2D eigenvalue weighted by Crippen LogP contribution is 2.30. The summed E-state index contributed by atoms with van der Waals surface area (Å²) in [5, 5.41) is 3.86. The Labute approximate surface area is 90.0 Å². The summed E-state index contributed by atoms with van der Waals surface area (Å²) in [5.74, 6) is 0.728. The van der Waals surface area contributed by atoms with Crippen LogP contribution >= 0.6 is 15.9 Å². The summed E-state index contributed by atoms with van der Waals surface area (Å²) in [6, 6.07) is 9.79. The molecule has 0 spiro atoms. The zero-order valence-electron chi connectivity index (χ0n) is 7.40. The molecule has 2 aromatic rings. The van der Waals surface area contributed by atoms with E-state index < -0.39 is 0 Å². The molecule has 14 heavy (non-hydrogen) atoms. The number of nitrogens with two attached hydrogens (primary N) is 1. The molecule has 1 heterocycles. The van der Waals surface area contributed by atoms with Crippen LogP contribution in [0.5, 0.6) is 0 Å². The van der Waals surface area contributed by atoms with Gasteiger partial charge >= 0.3 is 0 Å². The van der Waals surface area contributed by atoms with E-state index in [0.717, 1.165) is 21.5 Å². The minimum Gasteiger partial charge on any atom is -0.355 e. The first-order chi connectivity index (χ1) is 6.83. The van der Waals surface area contributed by atoms with Crippen molar-refractivity contribution in [2.45, 2.75) is 6.54 Å². The average molecular weight is 253 g/mol. The number of nitrogens with zero attached hydrogens (tertiary/aromatic N) is 1. The highest BCUT2D eigenvalue weighted by atomic mass is 79.9. The SMILES string of the molecule is NCc1noc(-c2ccccc2)c1Br. The molecular weight excluding hydrogens is 244 g/mol. The predicted octanol–water partition coefficient (Wildman–Crippen LogP) is 2.56. The summed E-state index contributed by atoms with van der Waals surface area (Å²) in [6.45, 7) is 0.372. The first-order valence-electron chi connectivity index (χ1n) is 4.22. The Kier molecular flexibility index (Phi) is 2.65. The highest BCUT2D eigenvalue weighted by Gasteiger charge is 2.13. The Bertz CT molecular complexity index is 425. The van der Waals surface area contributed by atoms with E-state index in [2.05, 4.69) is 21.1 Å². The Morgan fingerprint density at radius 3 is 2.57 bits per heavy atom. The number of aromatic nitrogens is 1. The van der Waals surface area contributed by atoms with Crippen LogP contribution in [0.4, 0.5) is 0 Å². The maximum atomic E-state index is 5.49. The Morgan fingerprint density at radius 2 is 2.00 bits per heavy atom. The summed E-state index contributed by atoms with van der Waals surface area (Å²) in [7, 11) is 0. The second kappa shape index (κ2) is 3.94. The van der Waals surface area contributed by atoms with Crippen molar-refractivity contribution in [3.8, 4) is 11.3 Å². The van der Waals surface area contributed by atoms with Gasteiger partial charge in [0.25, 0.3) is 0 Å². The van der Waals surface area contributed by atoms with E-state index in [9.17, 15) is 0 Å². The standard InChI is InChI=1S/C10H9BrN2O/c11-9-8(6-12)13-14-10(9)7-4-2-1-3-5-7/h1-5H,6,12H2. The van der Waals surface area contributed by atoms with Gasteiger partial charge in [0, 0.05) is 12.1 Å². The molecule has 0 unspecified atom stereocenters. The maximum Gasteiger partial charge on any atom is 0.181 e. The van der Waals surface area contributed by atoms with Crippen molar-refractivity contribution in [2.24, 2.45) is 5.73 Å². The molecule has 2 N–H and O–H groups in total. The van der Waals surface area contributed by atoms with Gasteiger partial charge in [-0.1, -0.05) is 35.5 Å². The van der Waals surface area contributed by atoms with Crippen LogP contribution in [-0.2, 0) is 6.54 Å². The topological polar surface area (TPSA) is 52.0 Å². The van der Waals surface area contributed by atoms with Crippen LogP contribution in [0, 0.1) is 0 Å². The minimum absolute atomic E-state index is 0.372. The fourth-order valence-electron chi connectivity index (χ4n) is 1.21. The number of rotatable bonds is 2.